The Morgan fingerprint density at radius 3 is 2.36 bits per heavy atom. The zero-order valence-electron chi connectivity index (χ0n) is 16.9. The number of nitrogens with one attached hydrogen (secondary N) is 2. The fraction of sp³-hybridized carbons (Fsp3) is 0.882. The predicted molar refractivity (Wildman–Crippen MR) is 121 cm³/mol. The van der Waals surface area contributed by atoms with E-state index in [-0.39, 0.29) is 47.6 Å². The Bertz CT molecular complexity index is 595. The lowest BCUT2D eigenvalue weighted by Gasteiger charge is -2.32. The molecule has 0 aliphatic carbocycles. The Kier molecular flexibility index (Phi) is 11.4. The van der Waals surface area contributed by atoms with Crippen molar-refractivity contribution in [1.29, 1.82) is 0 Å². The second-order valence-corrected chi connectivity index (χ2v) is 9.16. The molecule has 2 heterocycles. The first kappa shape index (κ1) is 25.2. The molecule has 0 unspecified atom stereocenters. The Labute approximate surface area is 185 Å². The highest BCUT2D eigenvalue weighted by Gasteiger charge is 2.24. The second kappa shape index (κ2) is 12.7. The SMILES string of the molecule is CCNC(=NCCN1CCS(=O)(=O)CC1)NC1CCN(C(=O)OCC)CC1.I. The van der Waals surface area contributed by atoms with Gasteiger partial charge in [-0.2, -0.15) is 0 Å². The van der Waals surface area contributed by atoms with Crippen molar-refractivity contribution in [2.24, 2.45) is 4.99 Å². The molecule has 2 saturated heterocycles. The topological polar surface area (TPSA) is 103 Å². The number of carbonyl (C=O) groups excluding carboxylic acids is 1. The summed E-state index contributed by atoms with van der Waals surface area (Å²) in [7, 11) is -2.84. The molecule has 0 saturated carbocycles. The lowest BCUT2D eigenvalue weighted by Crippen LogP contribution is -2.50. The molecule has 28 heavy (non-hydrogen) atoms. The molecule has 0 bridgehead atoms. The molecule has 2 N–H and O–H groups in total. The molecule has 0 aromatic rings. The third-order valence-electron chi connectivity index (χ3n) is 4.83. The van der Waals surface area contributed by atoms with E-state index in [4.69, 9.17) is 4.74 Å². The number of likely N-dealkylation sites (tertiary alicyclic amines) is 1. The number of aliphatic imine (C=N–C) groups is 1. The van der Waals surface area contributed by atoms with E-state index in [0.717, 1.165) is 31.9 Å². The van der Waals surface area contributed by atoms with Crippen molar-refractivity contribution in [3.8, 4) is 0 Å². The van der Waals surface area contributed by atoms with Crippen molar-refractivity contribution in [3.63, 3.8) is 0 Å². The van der Waals surface area contributed by atoms with Gasteiger partial charge in [0.05, 0.1) is 24.7 Å². The van der Waals surface area contributed by atoms with Crippen LogP contribution in [0.4, 0.5) is 4.79 Å². The van der Waals surface area contributed by atoms with Gasteiger partial charge in [0, 0.05) is 45.3 Å². The number of sulfone groups is 1. The van der Waals surface area contributed by atoms with Crippen LogP contribution in [0.3, 0.4) is 0 Å². The van der Waals surface area contributed by atoms with Gasteiger partial charge in [0.1, 0.15) is 0 Å². The minimum atomic E-state index is -2.84. The van der Waals surface area contributed by atoms with Gasteiger partial charge in [-0.05, 0) is 26.7 Å². The number of hydrogen-bond acceptors (Lipinski definition) is 6. The van der Waals surface area contributed by atoms with E-state index in [9.17, 15) is 13.2 Å². The first-order valence-corrected chi connectivity index (χ1v) is 11.6. The average molecular weight is 531 g/mol. The number of carbonyl (C=O) groups is 1. The van der Waals surface area contributed by atoms with E-state index in [1.165, 1.54) is 0 Å². The van der Waals surface area contributed by atoms with E-state index < -0.39 is 9.84 Å². The predicted octanol–water partition coefficient (Wildman–Crippen LogP) is 0.511. The Hall–Kier alpha value is -0.820. The third-order valence-corrected chi connectivity index (χ3v) is 6.44. The number of rotatable bonds is 6. The second-order valence-electron chi connectivity index (χ2n) is 6.86. The van der Waals surface area contributed by atoms with Crippen molar-refractivity contribution in [3.05, 3.63) is 0 Å². The summed E-state index contributed by atoms with van der Waals surface area (Å²) in [5.41, 5.74) is 0. The fourth-order valence-electron chi connectivity index (χ4n) is 3.21. The summed E-state index contributed by atoms with van der Waals surface area (Å²) in [6.45, 7) is 8.93. The molecule has 0 aromatic carbocycles. The smallest absolute Gasteiger partial charge is 0.409 e. The van der Waals surface area contributed by atoms with Crippen LogP contribution < -0.4 is 10.6 Å². The highest BCUT2D eigenvalue weighted by Crippen LogP contribution is 2.11. The van der Waals surface area contributed by atoms with Gasteiger partial charge in [-0.3, -0.25) is 9.89 Å². The Morgan fingerprint density at radius 2 is 1.79 bits per heavy atom. The highest BCUT2D eigenvalue weighted by atomic mass is 127. The normalized spacial score (nSPS) is 20.9. The molecule has 0 atom stereocenters. The van der Waals surface area contributed by atoms with Crippen LogP contribution in [-0.2, 0) is 14.6 Å². The van der Waals surface area contributed by atoms with Crippen LogP contribution in [0.5, 0.6) is 0 Å². The monoisotopic (exact) mass is 531 g/mol. The molecular weight excluding hydrogens is 497 g/mol. The summed E-state index contributed by atoms with van der Waals surface area (Å²) in [4.78, 5) is 20.3. The van der Waals surface area contributed by atoms with E-state index >= 15 is 0 Å². The lowest BCUT2D eigenvalue weighted by molar-refractivity contribution is 0.0963. The first-order chi connectivity index (χ1) is 12.9. The number of amides is 1. The molecule has 1 amide bonds. The van der Waals surface area contributed by atoms with Crippen LogP contribution in [0.1, 0.15) is 26.7 Å². The number of hydrogen-bond donors (Lipinski definition) is 2. The number of guanidine groups is 1. The zero-order valence-corrected chi connectivity index (χ0v) is 20.0. The maximum absolute atomic E-state index is 11.8. The Balaban J connectivity index is 0.00000392. The highest BCUT2D eigenvalue weighted by molar-refractivity contribution is 14.0. The van der Waals surface area contributed by atoms with Gasteiger partial charge in [-0.25, -0.2) is 13.2 Å². The summed E-state index contributed by atoms with van der Waals surface area (Å²) in [6, 6.07) is 0.272. The molecule has 0 spiro atoms. The van der Waals surface area contributed by atoms with Gasteiger partial charge >= 0.3 is 6.09 Å². The number of piperidine rings is 1. The van der Waals surface area contributed by atoms with Crippen LogP contribution in [0.15, 0.2) is 4.99 Å². The van der Waals surface area contributed by atoms with E-state index in [2.05, 4.69) is 20.5 Å². The summed E-state index contributed by atoms with van der Waals surface area (Å²) < 4.78 is 28.0. The third kappa shape index (κ3) is 8.68. The maximum atomic E-state index is 11.8. The van der Waals surface area contributed by atoms with E-state index in [1.807, 2.05) is 13.8 Å². The summed E-state index contributed by atoms with van der Waals surface area (Å²) >= 11 is 0. The molecule has 2 fully saturated rings. The van der Waals surface area contributed by atoms with Gasteiger partial charge in [0.15, 0.2) is 15.8 Å². The molecule has 0 radical (unpaired) electrons. The van der Waals surface area contributed by atoms with Crippen LogP contribution in [0.25, 0.3) is 0 Å². The molecule has 2 rings (SSSR count). The van der Waals surface area contributed by atoms with Crippen LogP contribution in [-0.4, -0.2) is 100 Å². The zero-order chi connectivity index (χ0) is 19.7. The summed E-state index contributed by atoms with van der Waals surface area (Å²) in [5.74, 6) is 1.26. The molecule has 2 aliphatic heterocycles. The quantitative estimate of drug-likeness (QED) is 0.293. The standard InChI is InChI=1S/C17H33N5O4S.HI/c1-3-18-16(19-7-10-21-11-13-27(24,25)14-12-21)20-15-5-8-22(9-6-15)17(23)26-4-2;/h15H,3-14H2,1-2H3,(H2,18,19,20);1H. The van der Waals surface area contributed by atoms with Crippen LogP contribution in [0.2, 0.25) is 0 Å². The van der Waals surface area contributed by atoms with E-state index in [0.29, 0.717) is 39.3 Å². The minimum absolute atomic E-state index is 0. The van der Waals surface area contributed by atoms with Gasteiger partial charge in [-0.1, -0.05) is 0 Å². The van der Waals surface area contributed by atoms with Crippen LogP contribution in [0, 0.1) is 0 Å². The lowest BCUT2D eigenvalue weighted by atomic mass is 10.1. The molecule has 2 aliphatic rings. The summed E-state index contributed by atoms with van der Waals surface area (Å²) in [5, 5.41) is 6.70. The maximum Gasteiger partial charge on any atom is 0.409 e. The summed E-state index contributed by atoms with van der Waals surface area (Å²) in [6.07, 6.45) is 1.47. The number of nitrogens with zero attached hydrogens (tertiary/aromatic N) is 3. The largest absolute Gasteiger partial charge is 0.450 e. The molecule has 0 aromatic heterocycles. The number of ether oxygens (including phenoxy) is 1. The first-order valence-electron chi connectivity index (χ1n) is 9.83. The number of halogens is 1. The molecule has 9 nitrogen and oxygen atoms in total. The van der Waals surface area contributed by atoms with Crippen molar-refractivity contribution < 1.29 is 17.9 Å². The van der Waals surface area contributed by atoms with Gasteiger partial charge in [0.25, 0.3) is 0 Å². The fourth-order valence-corrected chi connectivity index (χ4v) is 4.49. The van der Waals surface area contributed by atoms with Crippen molar-refractivity contribution in [2.75, 3.05) is 63.9 Å². The van der Waals surface area contributed by atoms with Crippen molar-refractivity contribution in [2.45, 2.75) is 32.7 Å². The van der Waals surface area contributed by atoms with Gasteiger partial charge in [-0.15, -0.1) is 24.0 Å². The van der Waals surface area contributed by atoms with Gasteiger partial charge < -0.3 is 20.3 Å². The van der Waals surface area contributed by atoms with Crippen molar-refractivity contribution >= 4 is 45.9 Å². The van der Waals surface area contributed by atoms with Crippen LogP contribution >= 0.6 is 24.0 Å². The minimum Gasteiger partial charge on any atom is -0.450 e. The Morgan fingerprint density at radius 1 is 1.14 bits per heavy atom. The van der Waals surface area contributed by atoms with Gasteiger partial charge in [0.2, 0.25) is 0 Å². The van der Waals surface area contributed by atoms with E-state index in [1.54, 1.807) is 4.90 Å². The molecular formula is C17H34IN5O4S. The molecule has 11 heteroatoms. The van der Waals surface area contributed by atoms with Crippen molar-refractivity contribution in [1.82, 2.24) is 20.4 Å². The molecule has 164 valence electrons. The average Bonchev–Trinajstić information content (AvgIpc) is 2.64.